The van der Waals surface area contributed by atoms with Gasteiger partial charge in [-0.15, -0.1) is 11.3 Å². The van der Waals surface area contributed by atoms with Gasteiger partial charge in [-0.1, -0.05) is 20.8 Å². The van der Waals surface area contributed by atoms with Gasteiger partial charge in [0.15, 0.2) is 12.5 Å². The molecule has 0 saturated carbocycles. The maximum Gasteiger partial charge on any atom is 0.249 e. The molecule has 0 spiro atoms. The van der Waals surface area contributed by atoms with Crippen molar-refractivity contribution in [2.45, 2.75) is 69.0 Å². The SMILES string of the molecule is CC(C)(O)c1nc(CCO[Si](C)(C)C(C)(C)C)c(S(N)(=O)=O)s1. The van der Waals surface area contributed by atoms with Gasteiger partial charge in [-0.2, -0.15) is 0 Å². The molecule has 0 radical (unpaired) electrons. The van der Waals surface area contributed by atoms with Crippen LogP contribution in [0.2, 0.25) is 18.1 Å². The largest absolute Gasteiger partial charge is 0.416 e. The molecule has 23 heavy (non-hydrogen) atoms. The van der Waals surface area contributed by atoms with E-state index in [-0.39, 0.29) is 9.25 Å². The van der Waals surface area contributed by atoms with Crippen LogP contribution in [-0.2, 0) is 26.5 Å². The van der Waals surface area contributed by atoms with E-state index in [1.54, 1.807) is 13.8 Å². The lowest BCUT2D eigenvalue weighted by molar-refractivity contribution is 0.0780. The summed E-state index contributed by atoms with van der Waals surface area (Å²) in [4.78, 5) is 4.27. The molecule has 1 aromatic rings. The normalized spacial score (nSPS) is 14.3. The van der Waals surface area contributed by atoms with Gasteiger partial charge in [-0.25, -0.2) is 18.5 Å². The minimum absolute atomic E-state index is 0.00783. The van der Waals surface area contributed by atoms with Gasteiger partial charge in [0.2, 0.25) is 10.0 Å². The van der Waals surface area contributed by atoms with E-state index in [0.29, 0.717) is 23.7 Å². The van der Waals surface area contributed by atoms with Gasteiger partial charge in [0.05, 0.1) is 5.69 Å². The average Bonchev–Trinajstić information content (AvgIpc) is 2.70. The number of aliphatic hydroxyl groups is 1. The Morgan fingerprint density at radius 3 is 2.17 bits per heavy atom. The summed E-state index contributed by atoms with van der Waals surface area (Å²) in [6.07, 6.45) is 0.352. The highest BCUT2D eigenvalue weighted by atomic mass is 32.2. The summed E-state index contributed by atoms with van der Waals surface area (Å²) < 4.78 is 29.6. The molecule has 3 N–H and O–H groups in total. The fraction of sp³-hybridized carbons (Fsp3) is 0.786. The van der Waals surface area contributed by atoms with E-state index in [4.69, 9.17) is 9.56 Å². The molecule has 0 fully saturated rings. The second-order valence-electron chi connectivity index (χ2n) is 7.72. The van der Waals surface area contributed by atoms with Gasteiger partial charge < -0.3 is 9.53 Å². The molecule has 0 saturated heterocycles. The maximum absolute atomic E-state index is 11.7. The van der Waals surface area contributed by atoms with Gasteiger partial charge in [0, 0.05) is 13.0 Å². The number of rotatable bonds is 6. The minimum atomic E-state index is -3.87. The molecule has 0 unspecified atom stereocenters. The summed E-state index contributed by atoms with van der Waals surface area (Å²) >= 11 is 0.919. The number of sulfonamides is 1. The van der Waals surface area contributed by atoms with Gasteiger partial charge in [0.25, 0.3) is 0 Å². The molecule has 0 atom stereocenters. The number of primary sulfonamides is 1. The van der Waals surface area contributed by atoms with Crippen LogP contribution in [0.15, 0.2) is 4.21 Å². The van der Waals surface area contributed by atoms with Gasteiger partial charge in [-0.05, 0) is 32.0 Å². The Morgan fingerprint density at radius 1 is 1.26 bits per heavy atom. The molecule has 9 heteroatoms. The molecule has 0 aliphatic heterocycles. The molecular weight excluding hydrogens is 352 g/mol. The van der Waals surface area contributed by atoms with Crippen LogP contribution in [0.25, 0.3) is 0 Å². The molecule has 0 aliphatic carbocycles. The van der Waals surface area contributed by atoms with Gasteiger partial charge in [-0.3, -0.25) is 0 Å². The molecule has 1 heterocycles. The van der Waals surface area contributed by atoms with Crippen molar-refractivity contribution in [1.29, 1.82) is 0 Å². The van der Waals surface area contributed by atoms with Crippen molar-refractivity contribution in [2.75, 3.05) is 6.61 Å². The third-order valence-electron chi connectivity index (χ3n) is 4.05. The van der Waals surface area contributed by atoms with Crippen LogP contribution in [0.4, 0.5) is 0 Å². The lowest BCUT2D eigenvalue weighted by Gasteiger charge is -2.36. The number of hydrogen-bond donors (Lipinski definition) is 2. The number of nitrogens with two attached hydrogens (primary N) is 1. The zero-order valence-electron chi connectivity index (χ0n) is 14.9. The van der Waals surface area contributed by atoms with E-state index in [1.807, 2.05) is 0 Å². The fourth-order valence-electron chi connectivity index (χ4n) is 1.60. The van der Waals surface area contributed by atoms with Crippen molar-refractivity contribution in [1.82, 2.24) is 4.98 Å². The average molecular weight is 381 g/mol. The predicted molar refractivity (Wildman–Crippen MR) is 95.6 cm³/mol. The summed E-state index contributed by atoms with van der Waals surface area (Å²) in [5.74, 6) is 0. The second kappa shape index (κ2) is 6.53. The Morgan fingerprint density at radius 2 is 1.78 bits per heavy atom. The van der Waals surface area contributed by atoms with Gasteiger partial charge in [0.1, 0.15) is 10.6 Å². The van der Waals surface area contributed by atoms with Crippen LogP contribution in [0.1, 0.15) is 45.3 Å². The van der Waals surface area contributed by atoms with Gasteiger partial charge >= 0.3 is 0 Å². The van der Waals surface area contributed by atoms with Crippen LogP contribution in [0, 0.1) is 0 Å². The summed E-state index contributed by atoms with van der Waals surface area (Å²) in [5.41, 5.74) is -0.837. The summed E-state index contributed by atoms with van der Waals surface area (Å²) in [6, 6.07) is 0. The van der Waals surface area contributed by atoms with E-state index in [9.17, 15) is 13.5 Å². The lowest BCUT2D eigenvalue weighted by Crippen LogP contribution is -2.41. The molecule has 0 aromatic carbocycles. The first kappa shape index (κ1) is 20.7. The monoisotopic (exact) mass is 380 g/mol. The van der Waals surface area contributed by atoms with Crippen LogP contribution < -0.4 is 5.14 Å². The molecule has 1 rings (SSSR count). The Kier molecular flexibility index (Phi) is 5.88. The zero-order chi connectivity index (χ0) is 18.3. The minimum Gasteiger partial charge on any atom is -0.416 e. The summed E-state index contributed by atoms with van der Waals surface area (Å²) in [6.45, 7) is 14.2. The number of thiazole rings is 1. The summed E-state index contributed by atoms with van der Waals surface area (Å²) in [5, 5.41) is 15.7. The van der Waals surface area contributed by atoms with E-state index in [2.05, 4.69) is 38.8 Å². The number of hydrogen-bond acceptors (Lipinski definition) is 6. The molecule has 0 amide bonds. The molecular formula is C14H28N2O4S2Si. The topological polar surface area (TPSA) is 103 Å². The van der Waals surface area contributed by atoms with E-state index in [0.717, 1.165) is 11.3 Å². The fourth-order valence-corrected chi connectivity index (χ4v) is 4.67. The Bertz CT molecular complexity index is 655. The highest BCUT2D eigenvalue weighted by Crippen LogP contribution is 2.37. The van der Waals surface area contributed by atoms with Crippen molar-refractivity contribution in [3.05, 3.63) is 10.7 Å². The van der Waals surface area contributed by atoms with E-state index in [1.165, 1.54) is 0 Å². The number of nitrogens with zero attached hydrogens (tertiary/aromatic N) is 1. The predicted octanol–water partition coefficient (Wildman–Crippen LogP) is 2.58. The van der Waals surface area contributed by atoms with Crippen molar-refractivity contribution >= 4 is 29.7 Å². The first-order chi connectivity index (χ1) is 10.1. The molecule has 0 bridgehead atoms. The quantitative estimate of drug-likeness (QED) is 0.738. The molecule has 6 nitrogen and oxygen atoms in total. The van der Waals surface area contributed by atoms with E-state index >= 15 is 0 Å². The molecule has 1 aromatic heterocycles. The zero-order valence-corrected chi connectivity index (χ0v) is 17.6. The highest BCUT2D eigenvalue weighted by molar-refractivity contribution is 7.91. The lowest BCUT2D eigenvalue weighted by atomic mass is 10.1. The Balaban J connectivity index is 2.99. The molecule has 134 valence electrons. The standard InChI is InChI=1S/C14H28N2O4S2Si/c1-13(2,3)23(6,7)20-9-8-10-11(22(15,18)19)21-12(16-10)14(4,5)17/h17H,8-9H2,1-7H3,(H2,15,18,19). The Labute approximate surface area is 144 Å². The summed E-state index contributed by atoms with van der Waals surface area (Å²) in [7, 11) is -5.77. The Hall–Kier alpha value is -0.323. The van der Waals surface area contributed by atoms with Crippen molar-refractivity contribution in [3.8, 4) is 0 Å². The first-order valence-electron chi connectivity index (χ1n) is 7.45. The third-order valence-corrected chi connectivity index (χ3v) is 11.5. The molecule has 0 aliphatic rings. The van der Waals surface area contributed by atoms with Crippen LogP contribution in [0.5, 0.6) is 0 Å². The highest BCUT2D eigenvalue weighted by Gasteiger charge is 2.37. The second-order valence-corrected chi connectivity index (χ2v) is 15.3. The van der Waals surface area contributed by atoms with E-state index < -0.39 is 23.9 Å². The van der Waals surface area contributed by atoms with Crippen molar-refractivity contribution < 1.29 is 18.0 Å². The van der Waals surface area contributed by atoms with Crippen LogP contribution in [-0.4, -0.2) is 33.4 Å². The van der Waals surface area contributed by atoms with Crippen LogP contribution in [0.3, 0.4) is 0 Å². The van der Waals surface area contributed by atoms with Crippen molar-refractivity contribution in [2.24, 2.45) is 5.14 Å². The smallest absolute Gasteiger partial charge is 0.249 e. The third kappa shape index (κ3) is 5.33. The first-order valence-corrected chi connectivity index (χ1v) is 12.7. The maximum atomic E-state index is 11.7. The van der Waals surface area contributed by atoms with Crippen LogP contribution >= 0.6 is 11.3 Å². The number of aromatic nitrogens is 1. The van der Waals surface area contributed by atoms with Crippen molar-refractivity contribution in [3.63, 3.8) is 0 Å².